The normalized spacial score (nSPS) is 17.8. The number of hydrogen-bond donors (Lipinski definition) is 1. The smallest absolute Gasteiger partial charge is 0.460 e. The third-order valence-corrected chi connectivity index (χ3v) is 2.42. The summed E-state index contributed by atoms with van der Waals surface area (Å²) in [5.74, 6) is -35.4. The fraction of sp³-hybridized carbons (Fsp3) is 0.875. The molecule has 0 saturated heterocycles. The Labute approximate surface area is 130 Å². The molecule has 0 aliphatic carbocycles. The third kappa shape index (κ3) is 3.34. The van der Waals surface area contributed by atoms with Gasteiger partial charge in [-0.1, -0.05) is 0 Å². The van der Waals surface area contributed by atoms with Gasteiger partial charge in [-0.05, 0) is 0 Å². The first-order valence-electron chi connectivity index (χ1n) is 5.17. The molecule has 0 bridgehead atoms. The van der Waals surface area contributed by atoms with E-state index in [1.807, 2.05) is 0 Å². The van der Waals surface area contributed by atoms with Crippen molar-refractivity contribution >= 4 is 5.97 Å². The van der Waals surface area contributed by atoms with Crippen LogP contribution in [0.4, 0.5) is 65.9 Å². The second kappa shape index (κ2) is 5.95. The van der Waals surface area contributed by atoms with Crippen molar-refractivity contribution in [3.8, 4) is 0 Å². The van der Waals surface area contributed by atoms with Crippen LogP contribution in [0.3, 0.4) is 0 Å². The summed E-state index contributed by atoms with van der Waals surface area (Å²) in [6.07, 6.45) is -22.6. The highest BCUT2D eigenvalue weighted by molar-refractivity contribution is 5.76. The number of rotatable bonds is 6. The van der Waals surface area contributed by atoms with Gasteiger partial charge in [0.1, 0.15) is 0 Å². The zero-order chi connectivity index (χ0) is 21.8. The van der Waals surface area contributed by atoms with Crippen molar-refractivity contribution in [3.05, 3.63) is 0 Å². The van der Waals surface area contributed by atoms with E-state index in [0.29, 0.717) is 0 Å². The molecule has 0 heterocycles. The summed E-state index contributed by atoms with van der Waals surface area (Å²) in [7, 11) is 0. The van der Waals surface area contributed by atoms with Crippen LogP contribution in [0.2, 0.25) is 0 Å². The van der Waals surface area contributed by atoms with Crippen molar-refractivity contribution in [2.24, 2.45) is 0 Å². The predicted octanol–water partition coefficient (Wildman–Crippen LogP) is 4.38. The van der Waals surface area contributed by atoms with Crippen LogP contribution in [0.15, 0.2) is 0 Å². The van der Waals surface area contributed by atoms with Gasteiger partial charge in [0, 0.05) is 0 Å². The SMILES string of the molecule is O=C(O)[C@](F)(OC(F)(F)C(F)(F)C(F)(F)C(F)(F)C(F)(F)F)C(F)(F)F. The van der Waals surface area contributed by atoms with Crippen LogP contribution in [0.25, 0.3) is 0 Å². The molecule has 0 aromatic heterocycles. The molecule has 0 radical (unpaired) electrons. The molecule has 0 aliphatic heterocycles. The Balaban J connectivity index is 6.32. The van der Waals surface area contributed by atoms with E-state index in [1.54, 1.807) is 0 Å². The molecule has 156 valence electrons. The number of carbonyl (C=O) groups is 1. The molecule has 0 amide bonds. The Bertz CT molecular complexity index is 546. The van der Waals surface area contributed by atoms with E-state index in [4.69, 9.17) is 5.11 Å². The van der Waals surface area contributed by atoms with Gasteiger partial charge in [-0.15, -0.1) is 0 Å². The Hall–Kier alpha value is -1.62. The summed E-state index contributed by atoms with van der Waals surface area (Å²) in [6.45, 7) is 0. The molecule has 1 atom stereocenters. The number of carboxylic acid groups (broad SMARTS) is 1. The summed E-state index contributed by atoms with van der Waals surface area (Å²) < 4.78 is 187. The summed E-state index contributed by atoms with van der Waals surface area (Å²) in [4.78, 5) is 9.96. The maximum absolute atomic E-state index is 13.0. The van der Waals surface area contributed by atoms with Gasteiger partial charge in [-0.3, -0.25) is 4.74 Å². The van der Waals surface area contributed by atoms with Crippen LogP contribution in [-0.2, 0) is 9.53 Å². The highest BCUT2D eigenvalue weighted by Gasteiger charge is 2.89. The van der Waals surface area contributed by atoms with Crippen LogP contribution < -0.4 is 0 Å². The van der Waals surface area contributed by atoms with Crippen LogP contribution in [0, 0.1) is 0 Å². The van der Waals surface area contributed by atoms with E-state index in [0.717, 1.165) is 0 Å². The maximum atomic E-state index is 13.0. The highest BCUT2D eigenvalue weighted by Crippen LogP contribution is 2.58. The van der Waals surface area contributed by atoms with Gasteiger partial charge in [0.25, 0.3) is 0 Å². The Morgan fingerprint density at radius 3 is 1.15 bits per heavy atom. The second-order valence-corrected chi connectivity index (χ2v) is 4.24. The molecule has 0 fully saturated rings. The van der Waals surface area contributed by atoms with Gasteiger partial charge in [0.05, 0.1) is 0 Å². The molecule has 3 nitrogen and oxygen atoms in total. The Morgan fingerprint density at radius 1 is 0.577 bits per heavy atom. The van der Waals surface area contributed by atoms with Gasteiger partial charge in [-0.25, -0.2) is 4.79 Å². The average Bonchev–Trinajstić information content (AvgIpc) is 2.34. The van der Waals surface area contributed by atoms with Gasteiger partial charge < -0.3 is 5.11 Å². The summed E-state index contributed by atoms with van der Waals surface area (Å²) >= 11 is 0. The minimum Gasteiger partial charge on any atom is -0.477 e. The topological polar surface area (TPSA) is 46.5 Å². The fourth-order valence-corrected chi connectivity index (χ4v) is 1.02. The summed E-state index contributed by atoms with van der Waals surface area (Å²) in [5.41, 5.74) is 0. The van der Waals surface area contributed by atoms with Gasteiger partial charge in [-0.2, -0.15) is 65.9 Å². The van der Waals surface area contributed by atoms with Crippen LogP contribution in [-0.4, -0.2) is 53.2 Å². The molecule has 0 saturated carbocycles. The minimum absolute atomic E-state index is 1.46. The molecule has 26 heavy (non-hydrogen) atoms. The lowest BCUT2D eigenvalue weighted by Gasteiger charge is -2.38. The van der Waals surface area contributed by atoms with E-state index >= 15 is 0 Å². The quantitative estimate of drug-likeness (QED) is 0.637. The molecule has 18 heteroatoms. The fourth-order valence-electron chi connectivity index (χ4n) is 1.02. The lowest BCUT2D eigenvalue weighted by Crippen LogP contribution is -2.69. The number of carboxylic acids is 1. The number of halogens is 15. The van der Waals surface area contributed by atoms with E-state index in [9.17, 15) is 70.7 Å². The van der Waals surface area contributed by atoms with Crippen molar-refractivity contribution in [1.82, 2.24) is 0 Å². The average molecular weight is 430 g/mol. The van der Waals surface area contributed by atoms with Crippen molar-refractivity contribution in [1.29, 1.82) is 0 Å². The van der Waals surface area contributed by atoms with Gasteiger partial charge in [0.15, 0.2) is 0 Å². The molecular weight excluding hydrogens is 429 g/mol. The van der Waals surface area contributed by atoms with Crippen LogP contribution in [0.5, 0.6) is 0 Å². The zero-order valence-electron chi connectivity index (χ0n) is 10.9. The lowest BCUT2D eigenvalue weighted by molar-refractivity contribution is -0.488. The van der Waals surface area contributed by atoms with Crippen molar-refractivity contribution in [2.75, 3.05) is 0 Å². The van der Waals surface area contributed by atoms with Crippen LogP contribution >= 0.6 is 0 Å². The van der Waals surface area contributed by atoms with Crippen molar-refractivity contribution in [2.45, 2.75) is 42.1 Å². The minimum atomic E-state index is -8.20. The van der Waals surface area contributed by atoms with Crippen LogP contribution in [0.1, 0.15) is 0 Å². The number of hydrogen-bond acceptors (Lipinski definition) is 2. The van der Waals surface area contributed by atoms with Gasteiger partial charge >= 0.3 is 48.1 Å². The number of aliphatic carboxylic acids is 1. The van der Waals surface area contributed by atoms with Gasteiger partial charge in [0.2, 0.25) is 0 Å². The van der Waals surface area contributed by atoms with Crippen molar-refractivity contribution < 1.29 is 80.5 Å². The molecule has 0 aliphatic rings. The molecule has 1 N–H and O–H groups in total. The molecular formula is C8HF15O3. The molecule has 0 spiro atoms. The summed E-state index contributed by atoms with van der Waals surface area (Å²) in [5, 5.41) is 7.78. The predicted molar refractivity (Wildman–Crippen MR) is 44.5 cm³/mol. The first-order chi connectivity index (χ1) is 10.9. The first kappa shape index (κ1) is 24.4. The third-order valence-electron chi connectivity index (χ3n) is 2.42. The second-order valence-electron chi connectivity index (χ2n) is 4.24. The molecule has 0 rings (SSSR count). The Kier molecular flexibility index (Phi) is 5.58. The van der Waals surface area contributed by atoms with E-state index < -0.39 is 48.1 Å². The largest absolute Gasteiger partial charge is 0.477 e. The first-order valence-corrected chi connectivity index (χ1v) is 5.17. The van der Waals surface area contributed by atoms with E-state index in [-0.39, 0.29) is 0 Å². The zero-order valence-corrected chi connectivity index (χ0v) is 10.9. The molecule has 0 aromatic carbocycles. The standard InChI is InChI=1S/C8HF15O3/c9-2(1(24)25,6(16,17)18)26-8(22,23)5(14,15)3(10,11)4(12,13)7(19,20)21/h(H,24,25)/t2-/m0/s1. The highest BCUT2D eigenvalue weighted by atomic mass is 19.4. The number of ether oxygens (including phenoxy) is 1. The van der Waals surface area contributed by atoms with E-state index in [1.165, 1.54) is 4.74 Å². The lowest BCUT2D eigenvalue weighted by atomic mass is 10.0. The molecule has 0 aromatic rings. The maximum Gasteiger partial charge on any atom is 0.460 e. The van der Waals surface area contributed by atoms with Crippen molar-refractivity contribution in [3.63, 3.8) is 0 Å². The van der Waals surface area contributed by atoms with E-state index in [2.05, 4.69) is 0 Å². The summed E-state index contributed by atoms with van der Waals surface area (Å²) in [6, 6.07) is 0. The Morgan fingerprint density at radius 2 is 0.923 bits per heavy atom. The number of alkyl halides is 15. The molecule has 0 unspecified atom stereocenters. The monoisotopic (exact) mass is 430 g/mol.